The quantitative estimate of drug-likeness (QED) is 0.665. The van der Waals surface area contributed by atoms with E-state index in [1.54, 1.807) is 0 Å². The Kier molecular flexibility index (Phi) is 2.16. The van der Waals surface area contributed by atoms with E-state index in [2.05, 4.69) is 6.07 Å². The van der Waals surface area contributed by atoms with Gasteiger partial charge in [-0.15, -0.1) is 0 Å². The number of benzene rings is 1. The van der Waals surface area contributed by atoms with Gasteiger partial charge in [0.2, 0.25) is 0 Å². The molecule has 2 nitrogen and oxygen atoms in total. The third-order valence-corrected chi connectivity index (χ3v) is 3.63. The Hall–Kier alpha value is -1.44. The van der Waals surface area contributed by atoms with Crippen molar-refractivity contribution in [1.82, 2.24) is 0 Å². The minimum atomic E-state index is 0.211. The highest BCUT2D eigenvalue weighted by atomic mass is 16.1. The van der Waals surface area contributed by atoms with Crippen molar-refractivity contribution in [3.8, 4) is 0 Å². The molecule has 0 radical (unpaired) electrons. The zero-order valence-electron chi connectivity index (χ0n) is 9.21. The highest BCUT2D eigenvalue weighted by Crippen LogP contribution is 2.29. The first-order valence-corrected chi connectivity index (χ1v) is 5.98. The van der Waals surface area contributed by atoms with Crippen LogP contribution in [0.2, 0.25) is 0 Å². The molecule has 0 N–H and O–H groups in total. The lowest BCUT2D eigenvalue weighted by molar-refractivity contribution is 0.0972. The van der Waals surface area contributed by atoms with Gasteiger partial charge in [0.1, 0.15) is 0 Å². The van der Waals surface area contributed by atoms with Crippen LogP contribution in [0.4, 0.5) is 0 Å². The molecule has 0 amide bonds. The SMILES string of the molecule is O=C1CCCc2cc3c(cc21)C(=O)CCC3. The van der Waals surface area contributed by atoms with Crippen LogP contribution in [0.15, 0.2) is 12.1 Å². The fourth-order valence-corrected chi connectivity index (χ4v) is 2.78. The van der Waals surface area contributed by atoms with Crippen molar-refractivity contribution in [3.63, 3.8) is 0 Å². The van der Waals surface area contributed by atoms with E-state index in [9.17, 15) is 9.59 Å². The van der Waals surface area contributed by atoms with E-state index in [1.165, 1.54) is 0 Å². The molecule has 0 saturated heterocycles. The Morgan fingerprint density at radius 1 is 0.688 bits per heavy atom. The summed E-state index contributed by atoms with van der Waals surface area (Å²) in [7, 11) is 0. The Morgan fingerprint density at radius 3 is 1.69 bits per heavy atom. The molecule has 2 aliphatic rings. The number of Topliss-reactive ketones (excluding diaryl/α,β-unsaturated/α-hetero) is 2. The van der Waals surface area contributed by atoms with E-state index < -0.39 is 0 Å². The number of carbonyl (C=O) groups excluding carboxylic acids is 2. The number of ketones is 2. The average molecular weight is 214 g/mol. The minimum absolute atomic E-state index is 0.211. The standard InChI is InChI=1S/C14H14O2/c15-13-5-1-3-9-7-10-4-2-6-14(16)12(10)8-11(9)13/h7-8H,1-6H2. The van der Waals surface area contributed by atoms with Crippen LogP contribution in [-0.4, -0.2) is 11.6 Å². The second kappa shape index (κ2) is 3.55. The Morgan fingerprint density at radius 2 is 1.19 bits per heavy atom. The van der Waals surface area contributed by atoms with Gasteiger partial charge in [0.15, 0.2) is 11.6 Å². The summed E-state index contributed by atoms with van der Waals surface area (Å²) in [5, 5.41) is 0. The predicted molar refractivity (Wildman–Crippen MR) is 61.0 cm³/mol. The summed E-state index contributed by atoms with van der Waals surface area (Å²) < 4.78 is 0. The Balaban J connectivity index is 2.18. The van der Waals surface area contributed by atoms with Crippen LogP contribution in [0.1, 0.15) is 57.5 Å². The van der Waals surface area contributed by atoms with Crippen molar-refractivity contribution in [2.75, 3.05) is 0 Å². The first-order chi connectivity index (χ1) is 7.75. The zero-order valence-corrected chi connectivity index (χ0v) is 9.21. The highest BCUT2D eigenvalue weighted by molar-refractivity contribution is 6.04. The highest BCUT2D eigenvalue weighted by Gasteiger charge is 2.23. The number of rotatable bonds is 0. The fourth-order valence-electron chi connectivity index (χ4n) is 2.78. The van der Waals surface area contributed by atoms with Gasteiger partial charge >= 0.3 is 0 Å². The van der Waals surface area contributed by atoms with Crippen molar-refractivity contribution in [1.29, 1.82) is 0 Å². The van der Waals surface area contributed by atoms with Gasteiger partial charge in [-0.25, -0.2) is 0 Å². The van der Waals surface area contributed by atoms with Gasteiger partial charge in [0.25, 0.3) is 0 Å². The summed E-state index contributed by atoms with van der Waals surface area (Å²) in [5.74, 6) is 0.421. The number of aryl methyl sites for hydroxylation is 2. The maximum Gasteiger partial charge on any atom is 0.163 e. The lowest BCUT2D eigenvalue weighted by atomic mass is 9.82. The first kappa shape index (κ1) is 9.76. The molecule has 82 valence electrons. The van der Waals surface area contributed by atoms with E-state index in [4.69, 9.17) is 0 Å². The van der Waals surface area contributed by atoms with Gasteiger partial charge in [-0.2, -0.15) is 0 Å². The van der Waals surface area contributed by atoms with Crippen LogP contribution >= 0.6 is 0 Å². The molecule has 3 rings (SSSR count). The van der Waals surface area contributed by atoms with Gasteiger partial charge in [0.05, 0.1) is 0 Å². The molecule has 16 heavy (non-hydrogen) atoms. The molecule has 0 spiro atoms. The van der Waals surface area contributed by atoms with Gasteiger partial charge in [-0.3, -0.25) is 9.59 Å². The lowest BCUT2D eigenvalue weighted by Gasteiger charge is -2.21. The van der Waals surface area contributed by atoms with E-state index in [0.29, 0.717) is 12.8 Å². The van der Waals surface area contributed by atoms with Crippen LogP contribution in [0.3, 0.4) is 0 Å². The van der Waals surface area contributed by atoms with Gasteiger partial charge in [-0.1, -0.05) is 6.07 Å². The monoisotopic (exact) mass is 214 g/mol. The molecule has 2 aliphatic carbocycles. The molecule has 0 atom stereocenters. The summed E-state index contributed by atoms with van der Waals surface area (Å²) in [6.45, 7) is 0. The lowest BCUT2D eigenvalue weighted by Crippen LogP contribution is -2.17. The van der Waals surface area contributed by atoms with Gasteiger partial charge < -0.3 is 0 Å². The van der Waals surface area contributed by atoms with Crippen molar-refractivity contribution < 1.29 is 9.59 Å². The number of carbonyl (C=O) groups is 2. The molecule has 1 aromatic carbocycles. The third-order valence-electron chi connectivity index (χ3n) is 3.63. The molecule has 0 heterocycles. The second-order valence-electron chi connectivity index (χ2n) is 4.72. The third kappa shape index (κ3) is 1.41. The maximum absolute atomic E-state index is 11.8. The molecular weight excluding hydrogens is 200 g/mol. The summed E-state index contributed by atoms with van der Waals surface area (Å²) in [5.41, 5.74) is 3.93. The Labute approximate surface area is 94.7 Å². The fraction of sp³-hybridized carbons (Fsp3) is 0.429. The van der Waals surface area contributed by atoms with Crippen molar-refractivity contribution in [2.24, 2.45) is 0 Å². The van der Waals surface area contributed by atoms with E-state index in [-0.39, 0.29) is 11.6 Å². The van der Waals surface area contributed by atoms with Gasteiger partial charge in [-0.05, 0) is 42.9 Å². The summed E-state index contributed by atoms with van der Waals surface area (Å²) in [6.07, 6.45) is 5.17. The van der Waals surface area contributed by atoms with Crippen LogP contribution in [-0.2, 0) is 12.8 Å². The van der Waals surface area contributed by atoms with Crippen LogP contribution < -0.4 is 0 Å². The Bertz CT molecular complexity index is 445. The van der Waals surface area contributed by atoms with Crippen LogP contribution in [0, 0.1) is 0 Å². The molecule has 2 heteroatoms. The number of hydrogen-bond acceptors (Lipinski definition) is 2. The predicted octanol–water partition coefficient (Wildman–Crippen LogP) is 2.72. The number of hydrogen-bond donors (Lipinski definition) is 0. The minimum Gasteiger partial charge on any atom is -0.294 e. The topological polar surface area (TPSA) is 34.1 Å². The number of fused-ring (bicyclic) bond motifs is 2. The van der Waals surface area contributed by atoms with E-state index >= 15 is 0 Å². The average Bonchev–Trinajstić information content (AvgIpc) is 2.28. The van der Waals surface area contributed by atoms with Gasteiger partial charge in [0, 0.05) is 24.0 Å². The molecule has 0 unspecified atom stereocenters. The molecule has 0 aromatic heterocycles. The molecule has 0 saturated carbocycles. The van der Waals surface area contributed by atoms with Crippen molar-refractivity contribution in [3.05, 3.63) is 34.4 Å². The van der Waals surface area contributed by atoms with Crippen LogP contribution in [0.5, 0.6) is 0 Å². The normalized spacial score (nSPS) is 19.2. The zero-order chi connectivity index (χ0) is 11.1. The second-order valence-corrected chi connectivity index (χ2v) is 4.72. The summed E-state index contributed by atoms with van der Waals surface area (Å²) >= 11 is 0. The molecule has 1 aromatic rings. The van der Waals surface area contributed by atoms with E-state index in [0.717, 1.165) is 47.9 Å². The summed E-state index contributed by atoms with van der Waals surface area (Å²) in [4.78, 5) is 23.5. The largest absolute Gasteiger partial charge is 0.294 e. The molecule has 0 bridgehead atoms. The molecule has 0 fully saturated rings. The van der Waals surface area contributed by atoms with E-state index in [1.807, 2.05) is 6.07 Å². The van der Waals surface area contributed by atoms with Crippen LogP contribution in [0.25, 0.3) is 0 Å². The molecule has 0 aliphatic heterocycles. The smallest absolute Gasteiger partial charge is 0.163 e. The molecular formula is C14H14O2. The maximum atomic E-state index is 11.8. The van der Waals surface area contributed by atoms with Crippen molar-refractivity contribution >= 4 is 11.6 Å². The van der Waals surface area contributed by atoms with Crippen molar-refractivity contribution in [2.45, 2.75) is 38.5 Å². The first-order valence-electron chi connectivity index (χ1n) is 5.98. The summed E-state index contributed by atoms with van der Waals surface area (Å²) in [6, 6.07) is 3.95.